The van der Waals surface area contributed by atoms with Gasteiger partial charge in [-0.3, -0.25) is 4.79 Å². The molecule has 11 heteroatoms. The molecule has 35 heavy (non-hydrogen) atoms. The Kier molecular flexibility index (Phi) is 13.6. The number of nitrogens with zero attached hydrogens (tertiary/aromatic N) is 1. The second-order valence-electron chi connectivity index (χ2n) is 7.88. The summed E-state index contributed by atoms with van der Waals surface area (Å²) >= 11 is 1.64. The summed E-state index contributed by atoms with van der Waals surface area (Å²) in [6.07, 6.45) is 1.91. The fourth-order valence-corrected chi connectivity index (χ4v) is 4.41. The van der Waals surface area contributed by atoms with Crippen molar-refractivity contribution in [2.75, 3.05) is 92.4 Å². The number of rotatable bonds is 8. The van der Waals surface area contributed by atoms with Crippen LogP contribution in [0.1, 0.15) is 17.2 Å². The smallest absolute Gasteiger partial charge is 0.288 e. The number of amides is 1. The monoisotopic (exact) mass is 515 g/mol. The van der Waals surface area contributed by atoms with Crippen molar-refractivity contribution in [3.8, 4) is 0 Å². The first-order chi connectivity index (χ1) is 17.3. The van der Waals surface area contributed by atoms with Gasteiger partial charge in [-0.05, 0) is 17.5 Å². The second kappa shape index (κ2) is 17.0. The maximum Gasteiger partial charge on any atom is 0.288 e. The quantitative estimate of drug-likeness (QED) is 0.514. The molecule has 0 radical (unpaired) electrons. The molecular formula is C24H37NO9S. The van der Waals surface area contributed by atoms with Crippen molar-refractivity contribution in [1.82, 2.24) is 4.90 Å². The van der Waals surface area contributed by atoms with Crippen molar-refractivity contribution in [2.24, 2.45) is 0 Å². The first kappa shape index (κ1) is 28.0. The van der Waals surface area contributed by atoms with Crippen molar-refractivity contribution >= 4 is 17.2 Å². The third-order valence-corrected chi connectivity index (χ3v) is 6.36. The van der Waals surface area contributed by atoms with Gasteiger partial charge in [-0.25, -0.2) is 0 Å². The van der Waals surface area contributed by atoms with Crippen LogP contribution in [0.3, 0.4) is 0 Å². The lowest BCUT2D eigenvalue weighted by molar-refractivity contribution is -0.157. The Bertz CT molecular complexity index is 715. The first-order valence-corrected chi connectivity index (χ1v) is 13.0. The van der Waals surface area contributed by atoms with Crippen molar-refractivity contribution in [1.29, 1.82) is 0 Å². The van der Waals surface area contributed by atoms with E-state index >= 15 is 0 Å². The van der Waals surface area contributed by atoms with Crippen molar-refractivity contribution in [3.05, 3.63) is 34.2 Å². The van der Waals surface area contributed by atoms with E-state index in [1.807, 2.05) is 17.5 Å². The average molecular weight is 516 g/mol. The summed E-state index contributed by atoms with van der Waals surface area (Å²) in [6.45, 7) is 5.33. The molecule has 3 rings (SSSR count). The highest BCUT2D eigenvalue weighted by Gasteiger charge is 2.31. The largest absolute Gasteiger partial charge is 0.459 e. The molecule has 1 aromatic rings. The maximum absolute atomic E-state index is 13.5. The molecule has 1 amide bonds. The topological polar surface area (TPSA) is 105 Å². The highest BCUT2D eigenvalue weighted by Crippen LogP contribution is 2.34. The standard InChI is InChI=1S/C24H37NO9S/c26-5-8-30-15-16-33-23-19-20(22-2-1-17-35-22)18-21(34-23)24(27)25-3-6-28-9-11-31-13-14-32-12-10-29-7-4-25/h1-2,17-18,20,23,26H,3-16,19H2/t20-,23+/m0/s1. The second-order valence-corrected chi connectivity index (χ2v) is 8.86. The van der Waals surface area contributed by atoms with Gasteiger partial charge in [0.25, 0.3) is 5.91 Å². The number of aliphatic hydroxyl groups is 1. The molecule has 3 heterocycles. The molecule has 1 aromatic heterocycles. The van der Waals surface area contributed by atoms with E-state index in [2.05, 4.69) is 6.07 Å². The molecule has 198 valence electrons. The highest BCUT2D eigenvalue weighted by atomic mass is 32.1. The molecule has 0 aliphatic carbocycles. The SMILES string of the molecule is O=C(C1=C[C@H](c2cccs2)C[C@H](OCCOCCO)O1)N1CCOCCOCCOCCOCC1. The van der Waals surface area contributed by atoms with Gasteiger partial charge in [0.15, 0.2) is 5.76 Å². The van der Waals surface area contributed by atoms with E-state index in [0.717, 1.165) is 4.88 Å². The molecule has 0 aromatic carbocycles. The predicted octanol–water partition coefficient (Wildman–Crippen LogP) is 1.40. The van der Waals surface area contributed by atoms with E-state index in [1.54, 1.807) is 16.2 Å². The molecule has 1 saturated heterocycles. The highest BCUT2D eigenvalue weighted by molar-refractivity contribution is 7.10. The van der Waals surface area contributed by atoms with E-state index in [-0.39, 0.29) is 30.8 Å². The number of carbonyl (C=O) groups excluding carboxylic acids is 1. The van der Waals surface area contributed by atoms with Gasteiger partial charge >= 0.3 is 0 Å². The number of hydrogen-bond acceptors (Lipinski definition) is 10. The maximum atomic E-state index is 13.5. The number of ether oxygens (including phenoxy) is 7. The number of carbonyl (C=O) groups is 1. The zero-order valence-electron chi connectivity index (χ0n) is 20.1. The molecule has 0 spiro atoms. The van der Waals surface area contributed by atoms with E-state index < -0.39 is 6.29 Å². The van der Waals surface area contributed by atoms with Crippen LogP contribution in [0.5, 0.6) is 0 Å². The number of hydrogen-bond donors (Lipinski definition) is 1. The Morgan fingerprint density at radius 3 is 2.23 bits per heavy atom. The van der Waals surface area contributed by atoms with Crippen LogP contribution >= 0.6 is 11.3 Å². The van der Waals surface area contributed by atoms with Crippen LogP contribution < -0.4 is 0 Å². The lowest BCUT2D eigenvalue weighted by atomic mass is 9.99. The summed E-state index contributed by atoms with van der Waals surface area (Å²) in [7, 11) is 0. The zero-order valence-corrected chi connectivity index (χ0v) is 21.0. The van der Waals surface area contributed by atoms with Gasteiger partial charge in [-0.15, -0.1) is 11.3 Å². The summed E-state index contributed by atoms with van der Waals surface area (Å²) in [5, 5.41) is 10.9. The molecule has 1 N–H and O–H groups in total. The minimum atomic E-state index is -0.575. The predicted molar refractivity (Wildman–Crippen MR) is 128 cm³/mol. The molecule has 0 bridgehead atoms. The summed E-state index contributed by atoms with van der Waals surface area (Å²) in [4.78, 5) is 16.3. The molecule has 2 aliphatic heterocycles. The summed E-state index contributed by atoms with van der Waals surface area (Å²) in [5.74, 6) is 0.0530. The fourth-order valence-electron chi connectivity index (χ4n) is 3.60. The van der Waals surface area contributed by atoms with E-state index in [0.29, 0.717) is 85.6 Å². The zero-order chi connectivity index (χ0) is 24.6. The first-order valence-electron chi connectivity index (χ1n) is 12.1. The minimum absolute atomic E-state index is 0.0105. The molecular weight excluding hydrogens is 478 g/mol. The average Bonchev–Trinajstić information content (AvgIpc) is 3.41. The van der Waals surface area contributed by atoms with Crippen LogP contribution in [0.15, 0.2) is 29.3 Å². The number of thiophene rings is 1. The van der Waals surface area contributed by atoms with Gasteiger partial charge in [-0.1, -0.05) is 6.07 Å². The summed E-state index contributed by atoms with van der Waals surface area (Å²) < 4.78 is 39.3. The van der Waals surface area contributed by atoms with Gasteiger partial charge < -0.3 is 43.2 Å². The van der Waals surface area contributed by atoms with Crippen molar-refractivity contribution in [3.63, 3.8) is 0 Å². The van der Waals surface area contributed by atoms with Crippen molar-refractivity contribution in [2.45, 2.75) is 18.6 Å². The Balaban J connectivity index is 1.63. The van der Waals surface area contributed by atoms with Crippen LogP contribution in [0, 0.1) is 0 Å². The minimum Gasteiger partial charge on any atom is -0.459 e. The third-order valence-electron chi connectivity index (χ3n) is 5.36. The fraction of sp³-hybridized carbons (Fsp3) is 0.708. The number of aliphatic hydroxyl groups excluding tert-OH is 1. The van der Waals surface area contributed by atoms with Gasteiger partial charge in [-0.2, -0.15) is 0 Å². The molecule has 2 atom stereocenters. The summed E-state index contributed by atoms with van der Waals surface area (Å²) in [6, 6.07) is 4.05. The van der Waals surface area contributed by atoms with Gasteiger partial charge in [0.05, 0.1) is 79.3 Å². The van der Waals surface area contributed by atoms with Crippen LogP contribution in [0.2, 0.25) is 0 Å². The number of allylic oxidation sites excluding steroid dienone is 1. The Hall–Kier alpha value is -1.57. The Morgan fingerprint density at radius 2 is 1.63 bits per heavy atom. The molecule has 0 saturated carbocycles. The van der Waals surface area contributed by atoms with Gasteiger partial charge in [0, 0.05) is 30.3 Å². The molecule has 2 aliphatic rings. The van der Waals surface area contributed by atoms with Crippen molar-refractivity contribution < 1.29 is 43.1 Å². The van der Waals surface area contributed by atoms with Crippen LogP contribution in [-0.4, -0.2) is 115 Å². The van der Waals surface area contributed by atoms with E-state index in [1.165, 1.54) is 0 Å². The lowest BCUT2D eigenvalue weighted by Gasteiger charge is -2.31. The normalized spacial score (nSPS) is 23.6. The van der Waals surface area contributed by atoms with E-state index in [4.69, 9.17) is 38.3 Å². The van der Waals surface area contributed by atoms with Crippen LogP contribution in [0.25, 0.3) is 0 Å². The van der Waals surface area contributed by atoms with Gasteiger partial charge in [0.2, 0.25) is 6.29 Å². The Labute approximate surface area is 210 Å². The van der Waals surface area contributed by atoms with Crippen LogP contribution in [0.4, 0.5) is 0 Å². The van der Waals surface area contributed by atoms with Gasteiger partial charge in [0.1, 0.15) is 0 Å². The Morgan fingerprint density at radius 1 is 0.971 bits per heavy atom. The third kappa shape index (κ3) is 10.5. The van der Waals surface area contributed by atoms with Crippen LogP contribution in [-0.2, 0) is 38.0 Å². The molecule has 10 nitrogen and oxygen atoms in total. The molecule has 0 unspecified atom stereocenters. The lowest BCUT2D eigenvalue weighted by Crippen LogP contribution is -2.40. The summed E-state index contributed by atoms with van der Waals surface area (Å²) in [5.41, 5.74) is 0. The van der Waals surface area contributed by atoms with E-state index in [9.17, 15) is 4.79 Å². The molecule has 1 fully saturated rings.